The Morgan fingerprint density at radius 1 is 1.40 bits per heavy atom. The maximum atomic E-state index is 12.5. The van der Waals surface area contributed by atoms with Gasteiger partial charge in [0.25, 0.3) is 0 Å². The first-order valence-electron chi connectivity index (χ1n) is 6.95. The molecule has 0 aliphatic carbocycles. The molecule has 2 rings (SSSR count). The molecular formula is C15H24N2O2S. The lowest BCUT2D eigenvalue weighted by Gasteiger charge is -2.28. The molecular weight excluding hydrogens is 272 g/mol. The molecule has 4 nitrogen and oxygen atoms in total. The van der Waals surface area contributed by atoms with E-state index in [2.05, 4.69) is 9.88 Å². The van der Waals surface area contributed by atoms with Crippen molar-refractivity contribution < 1.29 is 9.53 Å². The van der Waals surface area contributed by atoms with Crippen molar-refractivity contribution in [2.45, 2.75) is 52.4 Å². The average molecular weight is 296 g/mol. The predicted octanol–water partition coefficient (Wildman–Crippen LogP) is 2.66. The van der Waals surface area contributed by atoms with Crippen molar-refractivity contribution in [2.24, 2.45) is 5.92 Å². The van der Waals surface area contributed by atoms with Gasteiger partial charge in [0.05, 0.1) is 22.7 Å². The Morgan fingerprint density at radius 3 is 2.50 bits per heavy atom. The van der Waals surface area contributed by atoms with Gasteiger partial charge in [-0.1, -0.05) is 0 Å². The molecule has 1 aliphatic rings. The van der Waals surface area contributed by atoms with Crippen LogP contribution in [-0.4, -0.2) is 40.5 Å². The summed E-state index contributed by atoms with van der Waals surface area (Å²) in [5, 5.41) is 0. The number of carbonyl (C=O) groups is 1. The van der Waals surface area contributed by atoms with Gasteiger partial charge in [-0.15, -0.1) is 11.3 Å². The minimum Gasteiger partial charge on any atom is -0.361 e. The minimum absolute atomic E-state index is 0.0873. The third-order valence-corrected chi connectivity index (χ3v) is 4.94. The number of thiazole rings is 1. The van der Waals surface area contributed by atoms with E-state index in [9.17, 15) is 4.79 Å². The zero-order chi connectivity index (χ0) is 15.1. The van der Waals surface area contributed by atoms with Crippen LogP contribution in [0.2, 0.25) is 0 Å². The number of rotatable bonds is 4. The van der Waals surface area contributed by atoms with E-state index in [1.54, 1.807) is 11.3 Å². The molecule has 1 aromatic rings. The lowest BCUT2D eigenvalue weighted by molar-refractivity contribution is -0.132. The van der Waals surface area contributed by atoms with Crippen molar-refractivity contribution >= 4 is 17.1 Å². The van der Waals surface area contributed by atoms with Crippen molar-refractivity contribution in [1.29, 1.82) is 0 Å². The van der Waals surface area contributed by atoms with Gasteiger partial charge >= 0.3 is 0 Å². The van der Waals surface area contributed by atoms with Crippen molar-refractivity contribution in [3.05, 3.63) is 16.1 Å². The zero-order valence-corrected chi connectivity index (χ0v) is 14.0. The highest BCUT2D eigenvalue weighted by atomic mass is 32.1. The van der Waals surface area contributed by atoms with Crippen molar-refractivity contribution in [2.75, 3.05) is 13.6 Å². The Kier molecular flexibility index (Phi) is 4.06. The molecule has 1 aliphatic heterocycles. The topological polar surface area (TPSA) is 42.4 Å². The van der Waals surface area contributed by atoms with Gasteiger partial charge in [0.2, 0.25) is 0 Å². The largest absolute Gasteiger partial charge is 0.361 e. The molecule has 0 bridgehead atoms. The van der Waals surface area contributed by atoms with Crippen LogP contribution in [0.1, 0.15) is 38.3 Å². The Hall–Kier alpha value is -0.780. The first-order chi connectivity index (χ1) is 9.13. The quantitative estimate of drug-likeness (QED) is 0.856. The third kappa shape index (κ3) is 2.95. The molecule has 0 aromatic carbocycles. The summed E-state index contributed by atoms with van der Waals surface area (Å²) in [6, 6.07) is 0. The van der Waals surface area contributed by atoms with E-state index < -0.39 is 11.2 Å². The summed E-state index contributed by atoms with van der Waals surface area (Å²) in [5.41, 5.74) is 1.87. The van der Waals surface area contributed by atoms with Gasteiger partial charge < -0.3 is 9.64 Å². The SMILES string of the molecule is Cc1ncsc1CN(C)CC1C(=O)C(C)(C)OC1(C)C. The molecule has 0 saturated carbocycles. The van der Waals surface area contributed by atoms with E-state index in [1.807, 2.05) is 47.2 Å². The van der Waals surface area contributed by atoms with E-state index in [0.29, 0.717) is 6.54 Å². The number of aromatic nitrogens is 1. The van der Waals surface area contributed by atoms with E-state index in [0.717, 1.165) is 12.2 Å². The van der Waals surface area contributed by atoms with Crippen LogP contribution in [0.3, 0.4) is 0 Å². The summed E-state index contributed by atoms with van der Waals surface area (Å²) < 4.78 is 5.93. The fraction of sp³-hybridized carbons (Fsp3) is 0.733. The minimum atomic E-state index is -0.671. The molecule has 20 heavy (non-hydrogen) atoms. The third-order valence-electron chi connectivity index (χ3n) is 4.02. The Balaban J connectivity index is 2.06. The predicted molar refractivity (Wildman–Crippen MR) is 80.9 cm³/mol. The van der Waals surface area contributed by atoms with Crippen LogP contribution in [0.5, 0.6) is 0 Å². The molecule has 0 radical (unpaired) electrons. The number of hydrogen-bond acceptors (Lipinski definition) is 5. The molecule has 1 aromatic heterocycles. The maximum Gasteiger partial charge on any atom is 0.171 e. The van der Waals surface area contributed by atoms with Gasteiger partial charge in [-0.25, -0.2) is 4.98 Å². The van der Waals surface area contributed by atoms with Gasteiger partial charge in [-0.3, -0.25) is 4.79 Å². The lowest BCUT2D eigenvalue weighted by Crippen LogP contribution is -2.39. The van der Waals surface area contributed by atoms with E-state index in [4.69, 9.17) is 4.74 Å². The molecule has 5 heteroatoms. The monoisotopic (exact) mass is 296 g/mol. The fourth-order valence-electron chi connectivity index (χ4n) is 2.92. The molecule has 1 unspecified atom stereocenters. The summed E-state index contributed by atoms with van der Waals surface area (Å²) in [5.74, 6) is 0.117. The average Bonchev–Trinajstić information content (AvgIpc) is 2.74. The Morgan fingerprint density at radius 2 is 2.05 bits per heavy atom. The molecule has 2 heterocycles. The van der Waals surface area contributed by atoms with Gasteiger partial charge in [-0.05, 0) is 41.7 Å². The van der Waals surface area contributed by atoms with Gasteiger partial charge in [0.15, 0.2) is 5.78 Å². The highest BCUT2D eigenvalue weighted by Gasteiger charge is 2.53. The second-order valence-corrected chi connectivity index (χ2v) is 7.63. The standard InChI is InChI=1S/C15H24N2O2S/c1-10-12(20-9-16-10)8-17(6)7-11-13(18)15(4,5)19-14(11,2)3/h9,11H,7-8H2,1-6H3. The fourth-order valence-corrected chi connectivity index (χ4v) is 3.77. The summed E-state index contributed by atoms with van der Waals surface area (Å²) >= 11 is 1.67. The van der Waals surface area contributed by atoms with Gasteiger partial charge in [0.1, 0.15) is 5.60 Å². The lowest BCUT2D eigenvalue weighted by atomic mass is 9.85. The molecule has 0 N–H and O–H groups in total. The second kappa shape index (κ2) is 5.20. The first-order valence-corrected chi connectivity index (χ1v) is 7.83. The van der Waals surface area contributed by atoms with E-state index in [1.165, 1.54) is 4.88 Å². The number of Topliss-reactive ketones (excluding diaryl/α,β-unsaturated/α-hetero) is 1. The summed E-state index contributed by atoms with van der Waals surface area (Å²) in [7, 11) is 2.05. The highest BCUT2D eigenvalue weighted by Crippen LogP contribution is 2.39. The Bertz CT molecular complexity index is 508. The smallest absolute Gasteiger partial charge is 0.171 e. The van der Waals surface area contributed by atoms with E-state index >= 15 is 0 Å². The van der Waals surface area contributed by atoms with Crippen LogP contribution in [-0.2, 0) is 16.1 Å². The maximum absolute atomic E-state index is 12.5. The molecule has 0 spiro atoms. The van der Waals surface area contributed by atoms with Crippen LogP contribution >= 0.6 is 11.3 Å². The zero-order valence-electron chi connectivity index (χ0n) is 13.2. The van der Waals surface area contributed by atoms with Gasteiger partial charge in [0, 0.05) is 18.0 Å². The first kappa shape index (κ1) is 15.6. The number of ketones is 1. The number of aryl methyl sites for hydroxylation is 1. The summed E-state index contributed by atoms with van der Waals surface area (Å²) in [6.07, 6.45) is 0. The number of nitrogens with zero attached hydrogens (tertiary/aromatic N) is 2. The number of carbonyl (C=O) groups excluding carboxylic acids is 1. The van der Waals surface area contributed by atoms with Crippen LogP contribution in [0.4, 0.5) is 0 Å². The number of ether oxygens (including phenoxy) is 1. The van der Waals surface area contributed by atoms with E-state index in [-0.39, 0.29) is 11.7 Å². The number of hydrogen-bond donors (Lipinski definition) is 0. The van der Waals surface area contributed by atoms with Crippen LogP contribution in [0, 0.1) is 12.8 Å². The van der Waals surface area contributed by atoms with Crippen LogP contribution in [0.25, 0.3) is 0 Å². The molecule has 0 amide bonds. The highest BCUT2D eigenvalue weighted by molar-refractivity contribution is 7.09. The molecule has 112 valence electrons. The Labute approximate surface area is 125 Å². The molecule has 1 fully saturated rings. The van der Waals surface area contributed by atoms with Crippen LogP contribution in [0.15, 0.2) is 5.51 Å². The summed E-state index contributed by atoms with van der Waals surface area (Å²) in [4.78, 5) is 20.2. The van der Waals surface area contributed by atoms with Crippen molar-refractivity contribution in [3.8, 4) is 0 Å². The van der Waals surface area contributed by atoms with Gasteiger partial charge in [-0.2, -0.15) is 0 Å². The normalized spacial score (nSPS) is 24.6. The summed E-state index contributed by atoms with van der Waals surface area (Å²) in [6.45, 7) is 11.3. The molecule has 1 atom stereocenters. The van der Waals surface area contributed by atoms with Crippen LogP contribution < -0.4 is 0 Å². The second-order valence-electron chi connectivity index (χ2n) is 6.69. The molecule has 1 saturated heterocycles. The van der Waals surface area contributed by atoms with Crippen molar-refractivity contribution in [1.82, 2.24) is 9.88 Å². The van der Waals surface area contributed by atoms with Crippen molar-refractivity contribution in [3.63, 3.8) is 0 Å².